The molecule has 1 fully saturated rings. The third-order valence-electron chi connectivity index (χ3n) is 7.15. The quantitative estimate of drug-likeness (QED) is 0.384. The molecule has 7 nitrogen and oxygen atoms in total. The van der Waals surface area contributed by atoms with Crippen LogP contribution in [0.5, 0.6) is 0 Å². The summed E-state index contributed by atoms with van der Waals surface area (Å²) in [5, 5.41) is 4.18. The van der Waals surface area contributed by atoms with Gasteiger partial charge >= 0.3 is 0 Å². The number of fused-ring (bicyclic) bond motifs is 1. The maximum Gasteiger partial charge on any atom is 0.244 e. The molecule has 2 amide bonds. The van der Waals surface area contributed by atoms with Gasteiger partial charge in [-0.3, -0.25) is 19.5 Å². The number of nitrogens with one attached hydrogen (secondary N) is 1. The Balaban J connectivity index is 1.32. The zero-order valence-corrected chi connectivity index (χ0v) is 22.1. The molecule has 0 bridgehead atoms. The Bertz CT molecular complexity index is 1390. The molecular weight excluding hydrogens is 476 g/mol. The van der Waals surface area contributed by atoms with E-state index in [2.05, 4.69) is 33.4 Å². The number of carbonyl (C=O) groups excluding carboxylic acids is 2. The van der Waals surface area contributed by atoms with Gasteiger partial charge in [-0.05, 0) is 36.2 Å². The lowest BCUT2D eigenvalue weighted by Gasteiger charge is -2.45. The van der Waals surface area contributed by atoms with Gasteiger partial charge in [0.1, 0.15) is 11.8 Å². The van der Waals surface area contributed by atoms with Crippen LogP contribution in [-0.2, 0) is 22.7 Å². The Hall–Kier alpha value is -3.97. The van der Waals surface area contributed by atoms with E-state index < -0.39 is 6.04 Å². The molecule has 7 heteroatoms. The Morgan fingerprint density at radius 1 is 1.03 bits per heavy atom. The summed E-state index contributed by atoms with van der Waals surface area (Å²) in [5.41, 5.74) is 4.06. The van der Waals surface area contributed by atoms with Gasteiger partial charge in [0.2, 0.25) is 11.8 Å². The second-order valence-electron chi connectivity index (χ2n) is 10.3. The standard InChI is InChI=1S/C31H34N4O3/c1-21(2)31(37)35-22(3)18-34(19-26-8-4-7-25-9-5-15-32-29(25)26)20-27(35)30(36)33-17-23-11-13-24(14-12-23)28-10-6-16-38-28/h4-16,21-22,27H,17-20H2,1-3H3,(H,33,36). The zero-order chi connectivity index (χ0) is 26.6. The van der Waals surface area contributed by atoms with E-state index in [0.29, 0.717) is 26.2 Å². The summed E-state index contributed by atoms with van der Waals surface area (Å²) in [4.78, 5) is 35.4. The van der Waals surface area contributed by atoms with Crippen LogP contribution in [-0.4, -0.2) is 51.8 Å². The second kappa shape index (κ2) is 11.2. The number of nitrogens with zero attached hydrogens (tertiary/aromatic N) is 3. The molecule has 1 N–H and O–H groups in total. The Morgan fingerprint density at radius 3 is 2.55 bits per heavy atom. The van der Waals surface area contributed by atoms with Crippen LogP contribution in [0.2, 0.25) is 0 Å². The van der Waals surface area contributed by atoms with Crippen LogP contribution >= 0.6 is 0 Å². The van der Waals surface area contributed by atoms with Crippen molar-refractivity contribution in [2.45, 2.75) is 45.9 Å². The van der Waals surface area contributed by atoms with E-state index >= 15 is 0 Å². The number of para-hydroxylation sites is 1. The molecular formula is C31H34N4O3. The summed E-state index contributed by atoms with van der Waals surface area (Å²) >= 11 is 0. The van der Waals surface area contributed by atoms with Crippen molar-refractivity contribution >= 4 is 22.7 Å². The number of hydrogen-bond acceptors (Lipinski definition) is 5. The molecule has 2 atom stereocenters. The van der Waals surface area contributed by atoms with Gasteiger partial charge in [0.25, 0.3) is 0 Å². The molecule has 2 unspecified atom stereocenters. The van der Waals surface area contributed by atoms with E-state index in [4.69, 9.17) is 4.42 Å². The molecule has 0 saturated carbocycles. The summed E-state index contributed by atoms with van der Waals surface area (Å²) in [6, 6.07) is 21.2. The fourth-order valence-corrected chi connectivity index (χ4v) is 5.26. The highest BCUT2D eigenvalue weighted by atomic mass is 16.3. The number of piperazine rings is 1. The highest BCUT2D eigenvalue weighted by Gasteiger charge is 2.40. The molecule has 5 rings (SSSR count). The summed E-state index contributed by atoms with van der Waals surface area (Å²) in [5.74, 6) is 0.491. The minimum absolute atomic E-state index is 0.00642. The van der Waals surface area contributed by atoms with Gasteiger partial charge in [-0.2, -0.15) is 0 Å². The molecule has 4 aromatic rings. The van der Waals surface area contributed by atoms with Crippen molar-refractivity contribution in [2.75, 3.05) is 13.1 Å². The first-order valence-corrected chi connectivity index (χ1v) is 13.2. The molecule has 0 aliphatic carbocycles. The number of rotatable bonds is 7. The molecule has 38 heavy (non-hydrogen) atoms. The molecule has 196 valence electrons. The SMILES string of the molecule is CC(C)C(=O)N1C(C)CN(Cc2cccc3cccnc23)CC1C(=O)NCc1ccc(-c2ccco2)cc1. The number of hydrogen-bond donors (Lipinski definition) is 1. The number of furan rings is 1. The molecule has 0 spiro atoms. The lowest BCUT2D eigenvalue weighted by Crippen LogP contribution is -2.64. The van der Waals surface area contributed by atoms with Crippen LogP contribution in [0.25, 0.3) is 22.2 Å². The molecule has 2 aromatic carbocycles. The number of aromatic nitrogens is 1. The lowest BCUT2D eigenvalue weighted by molar-refractivity contribution is -0.150. The average molecular weight is 511 g/mol. The van der Waals surface area contributed by atoms with Gasteiger partial charge in [0.15, 0.2) is 0 Å². The number of amides is 2. The van der Waals surface area contributed by atoms with Crippen molar-refractivity contribution in [1.29, 1.82) is 0 Å². The van der Waals surface area contributed by atoms with Crippen molar-refractivity contribution < 1.29 is 14.0 Å². The van der Waals surface area contributed by atoms with E-state index in [9.17, 15) is 9.59 Å². The molecule has 1 aliphatic heterocycles. The Labute approximate surface area is 223 Å². The van der Waals surface area contributed by atoms with Crippen molar-refractivity contribution in [3.05, 3.63) is 90.3 Å². The highest BCUT2D eigenvalue weighted by Crippen LogP contribution is 2.24. The first-order chi connectivity index (χ1) is 18.4. The van der Waals surface area contributed by atoms with E-state index in [-0.39, 0.29) is 23.8 Å². The predicted octanol–water partition coefficient (Wildman–Crippen LogP) is 4.87. The average Bonchev–Trinajstić information content (AvgIpc) is 3.47. The first kappa shape index (κ1) is 25.7. The van der Waals surface area contributed by atoms with E-state index in [1.165, 1.54) is 0 Å². The molecule has 2 aromatic heterocycles. The normalized spacial score (nSPS) is 18.2. The second-order valence-corrected chi connectivity index (χ2v) is 10.3. The third kappa shape index (κ3) is 5.48. The van der Waals surface area contributed by atoms with Gasteiger partial charge in [0, 0.05) is 55.3 Å². The van der Waals surface area contributed by atoms with Crippen LogP contribution in [0.15, 0.2) is 83.6 Å². The van der Waals surface area contributed by atoms with E-state index in [0.717, 1.165) is 33.4 Å². The monoisotopic (exact) mass is 510 g/mol. The maximum absolute atomic E-state index is 13.6. The largest absolute Gasteiger partial charge is 0.464 e. The minimum Gasteiger partial charge on any atom is -0.464 e. The smallest absolute Gasteiger partial charge is 0.244 e. The van der Waals surface area contributed by atoms with Crippen LogP contribution in [0.4, 0.5) is 0 Å². The molecule has 1 aliphatic rings. The zero-order valence-electron chi connectivity index (χ0n) is 22.1. The van der Waals surface area contributed by atoms with Gasteiger partial charge in [0.05, 0.1) is 11.8 Å². The first-order valence-electron chi connectivity index (χ1n) is 13.2. The van der Waals surface area contributed by atoms with Crippen LogP contribution < -0.4 is 5.32 Å². The van der Waals surface area contributed by atoms with Crippen LogP contribution in [0.1, 0.15) is 31.9 Å². The molecule has 3 heterocycles. The van der Waals surface area contributed by atoms with Gasteiger partial charge < -0.3 is 14.6 Å². The van der Waals surface area contributed by atoms with Crippen molar-refractivity contribution in [3.63, 3.8) is 0 Å². The van der Waals surface area contributed by atoms with Crippen LogP contribution in [0, 0.1) is 5.92 Å². The predicted molar refractivity (Wildman–Crippen MR) is 148 cm³/mol. The summed E-state index contributed by atoms with van der Waals surface area (Å²) in [7, 11) is 0. The summed E-state index contributed by atoms with van der Waals surface area (Å²) in [6.45, 7) is 8.02. The topological polar surface area (TPSA) is 78.7 Å². The highest BCUT2D eigenvalue weighted by molar-refractivity contribution is 5.89. The van der Waals surface area contributed by atoms with Gasteiger partial charge in [-0.25, -0.2) is 0 Å². The number of benzene rings is 2. The van der Waals surface area contributed by atoms with Gasteiger partial charge in [-0.1, -0.05) is 62.4 Å². The minimum atomic E-state index is -0.570. The van der Waals surface area contributed by atoms with Gasteiger partial charge in [-0.15, -0.1) is 0 Å². The van der Waals surface area contributed by atoms with Crippen LogP contribution in [0.3, 0.4) is 0 Å². The number of carbonyl (C=O) groups is 2. The molecule has 1 saturated heterocycles. The Morgan fingerprint density at radius 2 is 1.82 bits per heavy atom. The van der Waals surface area contributed by atoms with Crippen molar-refractivity contribution in [3.8, 4) is 11.3 Å². The third-order valence-corrected chi connectivity index (χ3v) is 7.15. The van der Waals surface area contributed by atoms with Crippen molar-refractivity contribution in [1.82, 2.24) is 20.1 Å². The fourth-order valence-electron chi connectivity index (χ4n) is 5.26. The Kier molecular flexibility index (Phi) is 7.56. The summed E-state index contributed by atoms with van der Waals surface area (Å²) in [6.07, 6.45) is 3.46. The fraction of sp³-hybridized carbons (Fsp3) is 0.323. The van der Waals surface area contributed by atoms with Crippen molar-refractivity contribution in [2.24, 2.45) is 5.92 Å². The summed E-state index contributed by atoms with van der Waals surface area (Å²) < 4.78 is 5.46. The molecule has 0 radical (unpaired) electrons. The van der Waals surface area contributed by atoms with E-state index in [1.54, 1.807) is 11.2 Å². The number of pyridine rings is 1. The maximum atomic E-state index is 13.6. The lowest BCUT2D eigenvalue weighted by atomic mass is 10.0. The van der Waals surface area contributed by atoms with E-state index in [1.807, 2.05) is 75.5 Å².